The van der Waals surface area contributed by atoms with Crippen LogP contribution in [0.15, 0.2) is 24.3 Å². The molecule has 7 heteroatoms. The van der Waals surface area contributed by atoms with Gasteiger partial charge in [0.25, 0.3) is 0 Å². The molecule has 2 aliphatic rings. The van der Waals surface area contributed by atoms with Crippen molar-refractivity contribution in [3.63, 3.8) is 0 Å². The molecule has 1 aromatic rings. The van der Waals surface area contributed by atoms with Gasteiger partial charge in [0, 0.05) is 30.9 Å². The molecule has 0 radical (unpaired) electrons. The standard InChI is InChI=1S/C15H18N4O3/c20-13-7-6-12(18-13)14(21)17-10-2-4-11(5-3-10)19-9-1-8-16-15(19)22/h2-5,12H,1,6-9H2,(H,16,22)(H,17,21)(H,18,20). The molecule has 0 aromatic heterocycles. The third-order valence-corrected chi connectivity index (χ3v) is 3.84. The van der Waals surface area contributed by atoms with E-state index in [9.17, 15) is 14.4 Å². The Labute approximate surface area is 128 Å². The smallest absolute Gasteiger partial charge is 0.321 e. The number of urea groups is 1. The first-order valence-electron chi connectivity index (χ1n) is 7.39. The fourth-order valence-electron chi connectivity index (χ4n) is 2.64. The minimum Gasteiger partial charge on any atom is -0.344 e. The molecule has 116 valence electrons. The van der Waals surface area contributed by atoms with E-state index in [0.29, 0.717) is 31.6 Å². The molecule has 0 aliphatic carbocycles. The van der Waals surface area contributed by atoms with Crippen molar-refractivity contribution in [2.45, 2.75) is 25.3 Å². The Balaban J connectivity index is 1.63. The number of hydrogen-bond acceptors (Lipinski definition) is 3. The Kier molecular flexibility index (Phi) is 3.95. The van der Waals surface area contributed by atoms with Crippen molar-refractivity contribution in [2.24, 2.45) is 0 Å². The average molecular weight is 302 g/mol. The number of carbonyl (C=O) groups excluding carboxylic acids is 3. The highest BCUT2D eigenvalue weighted by Crippen LogP contribution is 2.20. The zero-order valence-corrected chi connectivity index (χ0v) is 12.1. The lowest BCUT2D eigenvalue weighted by Gasteiger charge is -2.27. The maximum atomic E-state index is 12.0. The van der Waals surface area contributed by atoms with Crippen molar-refractivity contribution < 1.29 is 14.4 Å². The van der Waals surface area contributed by atoms with Gasteiger partial charge in [-0.1, -0.05) is 0 Å². The largest absolute Gasteiger partial charge is 0.344 e. The van der Waals surface area contributed by atoms with E-state index >= 15 is 0 Å². The average Bonchev–Trinajstić information content (AvgIpc) is 2.95. The van der Waals surface area contributed by atoms with Crippen molar-refractivity contribution in [3.8, 4) is 0 Å². The van der Waals surface area contributed by atoms with Gasteiger partial charge in [-0.2, -0.15) is 0 Å². The van der Waals surface area contributed by atoms with Gasteiger partial charge in [-0.25, -0.2) is 4.79 Å². The molecular formula is C15H18N4O3. The Bertz CT molecular complexity index is 599. The highest BCUT2D eigenvalue weighted by atomic mass is 16.2. The normalized spacial score (nSPS) is 21.3. The maximum absolute atomic E-state index is 12.0. The first-order valence-corrected chi connectivity index (χ1v) is 7.39. The highest BCUT2D eigenvalue weighted by Gasteiger charge is 2.27. The lowest BCUT2D eigenvalue weighted by molar-refractivity contribution is -0.122. The van der Waals surface area contributed by atoms with Gasteiger partial charge in [-0.3, -0.25) is 14.5 Å². The van der Waals surface area contributed by atoms with Crippen LogP contribution in [0.4, 0.5) is 16.2 Å². The zero-order chi connectivity index (χ0) is 15.5. The Morgan fingerprint density at radius 1 is 1.23 bits per heavy atom. The zero-order valence-electron chi connectivity index (χ0n) is 12.1. The predicted octanol–water partition coefficient (Wildman–Crippen LogP) is 0.823. The van der Waals surface area contributed by atoms with Crippen LogP contribution in [0.2, 0.25) is 0 Å². The summed E-state index contributed by atoms with van der Waals surface area (Å²) in [5.41, 5.74) is 1.44. The summed E-state index contributed by atoms with van der Waals surface area (Å²) in [6.45, 7) is 1.39. The molecule has 2 aliphatic heterocycles. The number of nitrogens with one attached hydrogen (secondary N) is 3. The number of anilines is 2. The summed E-state index contributed by atoms with van der Waals surface area (Å²) >= 11 is 0. The first kappa shape index (κ1) is 14.4. The van der Waals surface area contributed by atoms with Crippen LogP contribution < -0.4 is 20.9 Å². The van der Waals surface area contributed by atoms with Gasteiger partial charge in [0.1, 0.15) is 6.04 Å². The van der Waals surface area contributed by atoms with E-state index in [4.69, 9.17) is 0 Å². The number of hydrogen-bond donors (Lipinski definition) is 3. The Morgan fingerprint density at radius 3 is 2.64 bits per heavy atom. The minimum absolute atomic E-state index is 0.0911. The monoisotopic (exact) mass is 302 g/mol. The summed E-state index contributed by atoms with van der Waals surface area (Å²) in [5, 5.41) is 8.20. The van der Waals surface area contributed by atoms with Gasteiger partial charge >= 0.3 is 6.03 Å². The molecule has 22 heavy (non-hydrogen) atoms. The van der Waals surface area contributed by atoms with Gasteiger partial charge in [-0.15, -0.1) is 0 Å². The molecule has 2 fully saturated rings. The van der Waals surface area contributed by atoms with Crippen LogP contribution in [0.1, 0.15) is 19.3 Å². The molecule has 0 saturated carbocycles. The number of benzene rings is 1. The Morgan fingerprint density at radius 2 is 2.00 bits per heavy atom. The van der Waals surface area contributed by atoms with E-state index in [1.54, 1.807) is 29.2 Å². The van der Waals surface area contributed by atoms with Crippen LogP contribution in [0.25, 0.3) is 0 Å². The summed E-state index contributed by atoms with van der Waals surface area (Å²) in [5.74, 6) is -0.305. The topological polar surface area (TPSA) is 90.5 Å². The van der Waals surface area contributed by atoms with Crippen LogP contribution in [-0.2, 0) is 9.59 Å². The van der Waals surface area contributed by atoms with Crippen LogP contribution >= 0.6 is 0 Å². The van der Waals surface area contributed by atoms with Crippen LogP contribution in [0, 0.1) is 0 Å². The quantitative estimate of drug-likeness (QED) is 0.772. The lowest BCUT2D eigenvalue weighted by atomic mass is 10.2. The molecule has 3 rings (SSSR count). The third kappa shape index (κ3) is 3.03. The van der Waals surface area contributed by atoms with Gasteiger partial charge in [0.05, 0.1) is 0 Å². The van der Waals surface area contributed by atoms with Gasteiger partial charge in [0.2, 0.25) is 11.8 Å². The second-order valence-corrected chi connectivity index (χ2v) is 5.43. The van der Waals surface area contributed by atoms with Crippen molar-refractivity contribution in [1.82, 2.24) is 10.6 Å². The van der Waals surface area contributed by atoms with Gasteiger partial charge in [-0.05, 0) is 37.1 Å². The molecule has 3 N–H and O–H groups in total. The summed E-state index contributed by atoms with van der Waals surface area (Å²) < 4.78 is 0. The number of amides is 4. The Hall–Kier alpha value is -2.57. The summed E-state index contributed by atoms with van der Waals surface area (Å²) in [6.07, 6.45) is 1.82. The van der Waals surface area contributed by atoms with Crippen molar-refractivity contribution in [3.05, 3.63) is 24.3 Å². The number of carbonyl (C=O) groups is 3. The molecule has 4 amide bonds. The highest BCUT2D eigenvalue weighted by molar-refractivity contribution is 5.99. The van der Waals surface area contributed by atoms with E-state index in [1.165, 1.54) is 0 Å². The van der Waals surface area contributed by atoms with Crippen molar-refractivity contribution in [1.29, 1.82) is 0 Å². The maximum Gasteiger partial charge on any atom is 0.321 e. The predicted molar refractivity (Wildman–Crippen MR) is 81.6 cm³/mol. The fourth-order valence-corrected chi connectivity index (χ4v) is 2.64. The van der Waals surface area contributed by atoms with Crippen molar-refractivity contribution >= 4 is 29.2 Å². The van der Waals surface area contributed by atoms with E-state index < -0.39 is 6.04 Å². The van der Waals surface area contributed by atoms with E-state index in [-0.39, 0.29) is 17.8 Å². The van der Waals surface area contributed by atoms with Crippen molar-refractivity contribution in [2.75, 3.05) is 23.3 Å². The molecule has 2 heterocycles. The van der Waals surface area contributed by atoms with Crippen LogP contribution in [0.5, 0.6) is 0 Å². The van der Waals surface area contributed by atoms with Gasteiger partial charge < -0.3 is 16.0 Å². The van der Waals surface area contributed by atoms with E-state index in [0.717, 1.165) is 12.1 Å². The molecule has 1 atom stereocenters. The van der Waals surface area contributed by atoms with Gasteiger partial charge in [0.15, 0.2) is 0 Å². The minimum atomic E-state index is -0.458. The number of nitrogens with zero attached hydrogens (tertiary/aromatic N) is 1. The molecule has 7 nitrogen and oxygen atoms in total. The molecule has 2 saturated heterocycles. The fraction of sp³-hybridized carbons (Fsp3) is 0.400. The second-order valence-electron chi connectivity index (χ2n) is 5.43. The molecule has 0 spiro atoms. The second kappa shape index (κ2) is 6.05. The third-order valence-electron chi connectivity index (χ3n) is 3.84. The summed E-state index contributed by atoms with van der Waals surface area (Å²) in [4.78, 5) is 36.6. The summed E-state index contributed by atoms with van der Waals surface area (Å²) in [7, 11) is 0. The lowest BCUT2D eigenvalue weighted by Crippen LogP contribution is -2.46. The number of rotatable bonds is 3. The summed E-state index contributed by atoms with van der Waals surface area (Å²) in [6, 6.07) is 6.55. The van der Waals surface area contributed by atoms with Crippen LogP contribution in [-0.4, -0.2) is 37.0 Å². The molecule has 1 unspecified atom stereocenters. The van der Waals surface area contributed by atoms with E-state index in [2.05, 4.69) is 16.0 Å². The SMILES string of the molecule is O=C1CCC(C(=O)Nc2ccc(N3CCCNC3=O)cc2)N1. The molecule has 1 aromatic carbocycles. The molecule has 0 bridgehead atoms. The first-order chi connectivity index (χ1) is 10.6. The molecular weight excluding hydrogens is 284 g/mol. The van der Waals surface area contributed by atoms with E-state index in [1.807, 2.05) is 0 Å². The van der Waals surface area contributed by atoms with Crippen LogP contribution in [0.3, 0.4) is 0 Å².